The summed E-state index contributed by atoms with van der Waals surface area (Å²) in [6.07, 6.45) is 4.83. The first-order valence-electron chi connectivity index (χ1n) is 5.84. The third kappa shape index (κ3) is 1.97. The fraction of sp³-hybridized carbons (Fsp3) is 0.500. The van der Waals surface area contributed by atoms with Crippen LogP contribution in [0.25, 0.3) is 0 Å². The van der Waals surface area contributed by atoms with Crippen LogP contribution in [0.4, 0.5) is 0 Å². The van der Waals surface area contributed by atoms with E-state index in [9.17, 15) is 4.79 Å². The minimum atomic E-state index is 0.136. The third-order valence-electron chi connectivity index (χ3n) is 3.71. The molecule has 1 aromatic carbocycles. The zero-order valence-electron chi connectivity index (χ0n) is 9.33. The zero-order chi connectivity index (χ0) is 10.7. The Balaban J connectivity index is 2.32. The molecule has 1 aromatic rings. The SMILES string of the molecule is CCC1(c2ccccc2)CCCC(=O)C1. The molecule has 1 aliphatic carbocycles. The van der Waals surface area contributed by atoms with E-state index in [-0.39, 0.29) is 5.41 Å². The molecule has 1 fully saturated rings. The van der Waals surface area contributed by atoms with Crippen LogP contribution in [0, 0.1) is 0 Å². The molecular formula is C14H18O. The Morgan fingerprint density at radius 1 is 1.27 bits per heavy atom. The average Bonchev–Trinajstić information content (AvgIpc) is 2.30. The van der Waals surface area contributed by atoms with Gasteiger partial charge in [-0.1, -0.05) is 37.3 Å². The van der Waals surface area contributed by atoms with Gasteiger partial charge in [0.2, 0.25) is 0 Å². The first kappa shape index (κ1) is 10.4. The highest BCUT2D eigenvalue weighted by Crippen LogP contribution is 2.40. The number of Topliss-reactive ketones (excluding diaryl/α,β-unsaturated/α-hetero) is 1. The van der Waals surface area contributed by atoms with Crippen molar-refractivity contribution in [2.45, 2.75) is 44.4 Å². The molecule has 1 aliphatic rings. The Bertz CT molecular complexity index is 342. The monoisotopic (exact) mass is 202 g/mol. The van der Waals surface area contributed by atoms with Gasteiger partial charge in [0, 0.05) is 18.3 Å². The van der Waals surface area contributed by atoms with Gasteiger partial charge in [0.05, 0.1) is 0 Å². The maximum absolute atomic E-state index is 11.6. The molecule has 0 N–H and O–H groups in total. The molecule has 0 heterocycles. The summed E-state index contributed by atoms with van der Waals surface area (Å²) in [5.41, 5.74) is 1.48. The quantitative estimate of drug-likeness (QED) is 0.717. The van der Waals surface area contributed by atoms with E-state index >= 15 is 0 Å². The lowest BCUT2D eigenvalue weighted by Crippen LogP contribution is -2.32. The van der Waals surface area contributed by atoms with Gasteiger partial charge in [0.1, 0.15) is 5.78 Å². The third-order valence-corrected chi connectivity index (χ3v) is 3.71. The molecule has 0 bridgehead atoms. The van der Waals surface area contributed by atoms with Gasteiger partial charge in [-0.2, -0.15) is 0 Å². The predicted octanol–water partition coefficient (Wildman–Crippen LogP) is 3.48. The van der Waals surface area contributed by atoms with Crippen LogP contribution in [-0.4, -0.2) is 5.78 Å². The summed E-state index contributed by atoms with van der Waals surface area (Å²) in [5.74, 6) is 0.437. The molecule has 0 amide bonds. The van der Waals surface area contributed by atoms with E-state index in [1.165, 1.54) is 12.0 Å². The van der Waals surface area contributed by atoms with Crippen LogP contribution in [0.3, 0.4) is 0 Å². The summed E-state index contributed by atoms with van der Waals surface area (Å²) in [6.45, 7) is 2.20. The highest BCUT2D eigenvalue weighted by Gasteiger charge is 2.35. The van der Waals surface area contributed by atoms with E-state index < -0.39 is 0 Å². The van der Waals surface area contributed by atoms with Crippen molar-refractivity contribution < 1.29 is 4.79 Å². The van der Waals surface area contributed by atoms with Crippen molar-refractivity contribution in [3.05, 3.63) is 35.9 Å². The van der Waals surface area contributed by atoms with Crippen molar-refractivity contribution in [3.8, 4) is 0 Å². The molecule has 0 spiro atoms. The van der Waals surface area contributed by atoms with Gasteiger partial charge in [-0.25, -0.2) is 0 Å². The van der Waals surface area contributed by atoms with Gasteiger partial charge < -0.3 is 0 Å². The largest absolute Gasteiger partial charge is 0.300 e. The second-order valence-electron chi connectivity index (χ2n) is 4.57. The number of ketones is 1. The summed E-state index contributed by atoms with van der Waals surface area (Å²) < 4.78 is 0. The van der Waals surface area contributed by atoms with E-state index in [0.717, 1.165) is 25.7 Å². The van der Waals surface area contributed by atoms with Crippen molar-refractivity contribution >= 4 is 5.78 Å². The second kappa shape index (κ2) is 4.18. The minimum Gasteiger partial charge on any atom is -0.300 e. The molecule has 0 saturated heterocycles. The van der Waals surface area contributed by atoms with E-state index in [4.69, 9.17) is 0 Å². The molecule has 1 saturated carbocycles. The number of rotatable bonds is 2. The van der Waals surface area contributed by atoms with Crippen molar-refractivity contribution in [2.75, 3.05) is 0 Å². The molecule has 15 heavy (non-hydrogen) atoms. The highest BCUT2D eigenvalue weighted by atomic mass is 16.1. The molecular weight excluding hydrogens is 184 g/mol. The summed E-state index contributed by atoms with van der Waals surface area (Å²) >= 11 is 0. The lowest BCUT2D eigenvalue weighted by Gasteiger charge is -2.36. The van der Waals surface area contributed by atoms with Gasteiger partial charge in [0.15, 0.2) is 0 Å². The lowest BCUT2D eigenvalue weighted by molar-refractivity contribution is -0.122. The first-order valence-corrected chi connectivity index (χ1v) is 5.84. The standard InChI is InChI=1S/C14H18O/c1-2-14(10-6-9-13(15)11-14)12-7-4-3-5-8-12/h3-5,7-8H,2,6,9-11H2,1H3. The molecule has 1 nitrogen and oxygen atoms in total. The van der Waals surface area contributed by atoms with Crippen LogP contribution in [-0.2, 0) is 10.2 Å². The van der Waals surface area contributed by atoms with Gasteiger partial charge in [0.25, 0.3) is 0 Å². The average molecular weight is 202 g/mol. The molecule has 1 atom stereocenters. The van der Waals surface area contributed by atoms with Crippen LogP contribution in [0.2, 0.25) is 0 Å². The Hall–Kier alpha value is -1.11. The van der Waals surface area contributed by atoms with Gasteiger partial charge in [-0.05, 0) is 24.8 Å². The van der Waals surface area contributed by atoms with Gasteiger partial charge >= 0.3 is 0 Å². The second-order valence-corrected chi connectivity index (χ2v) is 4.57. The Kier molecular flexibility index (Phi) is 2.90. The fourth-order valence-corrected chi connectivity index (χ4v) is 2.72. The molecule has 1 heteroatoms. The summed E-state index contributed by atoms with van der Waals surface area (Å²) in [4.78, 5) is 11.6. The number of hydrogen-bond donors (Lipinski definition) is 0. The highest BCUT2D eigenvalue weighted by molar-refractivity contribution is 5.80. The van der Waals surface area contributed by atoms with Crippen LogP contribution in [0.5, 0.6) is 0 Å². The molecule has 1 unspecified atom stereocenters. The number of carbonyl (C=O) groups excluding carboxylic acids is 1. The predicted molar refractivity (Wildman–Crippen MR) is 61.9 cm³/mol. The molecule has 0 radical (unpaired) electrons. The van der Waals surface area contributed by atoms with Crippen LogP contribution >= 0.6 is 0 Å². The van der Waals surface area contributed by atoms with Crippen molar-refractivity contribution in [1.29, 1.82) is 0 Å². The fourth-order valence-electron chi connectivity index (χ4n) is 2.72. The van der Waals surface area contributed by atoms with Gasteiger partial charge in [-0.3, -0.25) is 4.79 Å². The van der Waals surface area contributed by atoms with E-state index in [0.29, 0.717) is 5.78 Å². The maximum atomic E-state index is 11.6. The summed E-state index contributed by atoms with van der Waals surface area (Å²) in [5, 5.41) is 0. The van der Waals surface area contributed by atoms with Crippen LogP contribution < -0.4 is 0 Å². The summed E-state index contributed by atoms with van der Waals surface area (Å²) in [7, 11) is 0. The lowest BCUT2D eigenvalue weighted by atomic mass is 9.67. The van der Waals surface area contributed by atoms with E-state index in [1.807, 2.05) is 6.07 Å². The Morgan fingerprint density at radius 2 is 2.00 bits per heavy atom. The van der Waals surface area contributed by atoms with E-state index in [2.05, 4.69) is 31.2 Å². The van der Waals surface area contributed by atoms with Gasteiger partial charge in [-0.15, -0.1) is 0 Å². The maximum Gasteiger partial charge on any atom is 0.133 e. The van der Waals surface area contributed by atoms with Crippen molar-refractivity contribution in [3.63, 3.8) is 0 Å². The number of hydrogen-bond acceptors (Lipinski definition) is 1. The number of carbonyl (C=O) groups is 1. The molecule has 0 aromatic heterocycles. The molecule has 2 rings (SSSR count). The Labute approximate surface area is 91.5 Å². The molecule has 0 aliphatic heterocycles. The van der Waals surface area contributed by atoms with Crippen LogP contribution in [0.15, 0.2) is 30.3 Å². The Morgan fingerprint density at radius 3 is 2.60 bits per heavy atom. The normalized spacial score (nSPS) is 26.6. The van der Waals surface area contributed by atoms with Crippen molar-refractivity contribution in [2.24, 2.45) is 0 Å². The van der Waals surface area contributed by atoms with E-state index in [1.54, 1.807) is 0 Å². The first-order chi connectivity index (χ1) is 7.27. The summed E-state index contributed by atoms with van der Waals surface area (Å²) in [6, 6.07) is 10.5. The minimum absolute atomic E-state index is 0.136. The van der Waals surface area contributed by atoms with Crippen molar-refractivity contribution in [1.82, 2.24) is 0 Å². The number of benzene rings is 1. The zero-order valence-corrected chi connectivity index (χ0v) is 9.33. The topological polar surface area (TPSA) is 17.1 Å². The molecule has 80 valence electrons. The smallest absolute Gasteiger partial charge is 0.133 e. The van der Waals surface area contributed by atoms with Crippen LogP contribution in [0.1, 0.15) is 44.6 Å².